The number of sulfonamides is 1. The molecule has 132 valence electrons. The summed E-state index contributed by atoms with van der Waals surface area (Å²) in [5.41, 5.74) is 1.46. The van der Waals surface area contributed by atoms with Crippen molar-refractivity contribution >= 4 is 21.6 Å². The number of amides is 1. The minimum atomic E-state index is -3.72. The van der Waals surface area contributed by atoms with Crippen LogP contribution in [-0.2, 0) is 26.8 Å². The van der Waals surface area contributed by atoms with Gasteiger partial charge in [-0.25, -0.2) is 8.42 Å². The summed E-state index contributed by atoms with van der Waals surface area (Å²) in [5.74, 6) is -0.0382. The van der Waals surface area contributed by atoms with Gasteiger partial charge in [-0.2, -0.15) is 4.72 Å². The Morgan fingerprint density at radius 2 is 2.00 bits per heavy atom. The maximum atomic E-state index is 12.8. The first kappa shape index (κ1) is 17.6. The monoisotopic (exact) mass is 359 g/mol. The molecule has 1 aliphatic heterocycles. The van der Waals surface area contributed by atoms with E-state index in [1.165, 1.54) is 13.0 Å². The zero-order valence-corrected chi connectivity index (χ0v) is 15.3. The molecule has 2 aromatic rings. The lowest BCUT2D eigenvalue weighted by molar-refractivity contribution is -0.116. The lowest BCUT2D eigenvalue weighted by Crippen LogP contribution is -2.41. The van der Waals surface area contributed by atoms with Crippen LogP contribution >= 0.6 is 0 Å². The zero-order chi connectivity index (χ0) is 18.2. The molecule has 1 aromatic carbocycles. The van der Waals surface area contributed by atoms with Gasteiger partial charge in [0.15, 0.2) is 0 Å². The number of carbonyl (C=O) groups is 1. The van der Waals surface area contributed by atoms with Crippen molar-refractivity contribution in [2.24, 2.45) is 0 Å². The Labute approximate surface area is 147 Å². The van der Waals surface area contributed by atoms with Crippen molar-refractivity contribution < 1.29 is 13.2 Å². The van der Waals surface area contributed by atoms with E-state index in [-0.39, 0.29) is 10.8 Å². The van der Waals surface area contributed by atoms with Crippen molar-refractivity contribution in [3.05, 3.63) is 53.9 Å². The molecule has 7 heteroatoms. The second kappa shape index (κ2) is 6.24. The summed E-state index contributed by atoms with van der Waals surface area (Å²) in [4.78, 5) is 17.7. The van der Waals surface area contributed by atoms with E-state index in [9.17, 15) is 13.2 Å². The quantitative estimate of drug-likeness (QED) is 0.908. The number of nitrogens with zero attached hydrogens (tertiary/aromatic N) is 2. The third-order valence-corrected chi connectivity index (χ3v) is 5.99. The number of benzene rings is 1. The summed E-state index contributed by atoms with van der Waals surface area (Å²) in [6, 6.07) is 10.3. The number of hydrogen-bond acceptors (Lipinski definition) is 4. The third kappa shape index (κ3) is 3.43. The Hall–Kier alpha value is -2.25. The average molecular weight is 359 g/mol. The Kier molecular flexibility index (Phi) is 4.38. The van der Waals surface area contributed by atoms with E-state index in [2.05, 4.69) is 9.71 Å². The van der Waals surface area contributed by atoms with E-state index in [0.717, 1.165) is 11.3 Å². The van der Waals surface area contributed by atoms with Crippen molar-refractivity contribution in [3.8, 4) is 0 Å². The fourth-order valence-corrected chi connectivity index (χ4v) is 4.49. The number of pyridine rings is 1. The number of fused-ring (bicyclic) bond motifs is 1. The van der Waals surface area contributed by atoms with Gasteiger partial charge >= 0.3 is 0 Å². The second-order valence-electron chi connectivity index (χ2n) is 6.66. The fourth-order valence-electron chi connectivity index (χ4n) is 3.05. The third-order valence-electron chi connectivity index (χ3n) is 4.33. The highest BCUT2D eigenvalue weighted by atomic mass is 32.2. The van der Waals surface area contributed by atoms with Crippen LogP contribution in [0.4, 0.5) is 5.69 Å². The molecule has 1 N–H and O–H groups in total. The van der Waals surface area contributed by atoms with Gasteiger partial charge in [0.2, 0.25) is 15.9 Å². The maximum Gasteiger partial charge on any atom is 0.241 e. The molecule has 0 unspecified atom stereocenters. The van der Waals surface area contributed by atoms with Crippen molar-refractivity contribution in [1.82, 2.24) is 9.71 Å². The number of nitrogens with one attached hydrogen (secondary N) is 1. The van der Waals surface area contributed by atoms with Crippen molar-refractivity contribution in [2.75, 3.05) is 11.4 Å². The molecule has 0 radical (unpaired) electrons. The fraction of sp³-hybridized carbons (Fsp3) is 0.333. The lowest BCUT2D eigenvalue weighted by Gasteiger charge is -2.25. The Morgan fingerprint density at radius 3 is 2.64 bits per heavy atom. The molecule has 1 amide bonds. The van der Waals surface area contributed by atoms with Crippen LogP contribution in [0, 0.1) is 0 Å². The standard InChI is InChI=1S/C18H21N3O3S/c1-13(22)21-11-9-14-12-15(7-8-16(14)21)25(23,24)20-18(2,3)17-6-4-5-10-19-17/h4-8,10,12,20H,9,11H2,1-3H3. The SMILES string of the molecule is CC(=O)N1CCc2cc(S(=O)(=O)NC(C)(C)c3ccccn3)ccc21. The van der Waals surface area contributed by atoms with Crippen LogP contribution in [0.25, 0.3) is 0 Å². The topological polar surface area (TPSA) is 79.4 Å². The zero-order valence-electron chi connectivity index (χ0n) is 14.5. The number of rotatable bonds is 4. The van der Waals surface area contributed by atoms with Crippen molar-refractivity contribution in [1.29, 1.82) is 0 Å². The molecule has 0 bridgehead atoms. The molecule has 1 aliphatic rings. The van der Waals surface area contributed by atoms with E-state index in [1.807, 2.05) is 6.07 Å². The van der Waals surface area contributed by atoms with Crippen molar-refractivity contribution in [2.45, 2.75) is 37.6 Å². The van der Waals surface area contributed by atoms with Gasteiger partial charge in [-0.1, -0.05) is 6.07 Å². The Morgan fingerprint density at radius 1 is 1.24 bits per heavy atom. The van der Waals surface area contributed by atoms with Gasteiger partial charge in [-0.05, 0) is 56.2 Å². The highest BCUT2D eigenvalue weighted by Crippen LogP contribution is 2.31. The van der Waals surface area contributed by atoms with Gasteiger partial charge in [0.05, 0.1) is 16.1 Å². The first-order chi connectivity index (χ1) is 11.7. The predicted molar refractivity (Wildman–Crippen MR) is 95.8 cm³/mol. The highest BCUT2D eigenvalue weighted by Gasteiger charge is 2.30. The van der Waals surface area contributed by atoms with Gasteiger partial charge in [0.25, 0.3) is 0 Å². The molecule has 0 saturated heterocycles. The minimum Gasteiger partial charge on any atom is -0.312 e. The molecule has 25 heavy (non-hydrogen) atoms. The molecule has 0 spiro atoms. The summed E-state index contributed by atoms with van der Waals surface area (Å²) in [6.07, 6.45) is 2.29. The first-order valence-electron chi connectivity index (χ1n) is 8.07. The Bertz CT molecular complexity index is 908. The van der Waals surface area contributed by atoms with E-state index in [4.69, 9.17) is 0 Å². The summed E-state index contributed by atoms with van der Waals surface area (Å²) >= 11 is 0. The van der Waals surface area contributed by atoms with Crippen molar-refractivity contribution in [3.63, 3.8) is 0 Å². The molecule has 0 aliphatic carbocycles. The van der Waals surface area contributed by atoms with Gasteiger partial charge < -0.3 is 4.90 Å². The molecule has 6 nitrogen and oxygen atoms in total. The molecule has 1 aromatic heterocycles. The van der Waals surface area contributed by atoms with E-state index in [1.54, 1.807) is 49.2 Å². The van der Waals surface area contributed by atoms with E-state index in [0.29, 0.717) is 18.7 Å². The minimum absolute atomic E-state index is 0.0382. The molecule has 0 fully saturated rings. The van der Waals surface area contributed by atoms with Crippen LogP contribution in [0.5, 0.6) is 0 Å². The smallest absolute Gasteiger partial charge is 0.241 e. The van der Waals surface area contributed by atoms with Crippen LogP contribution in [0.2, 0.25) is 0 Å². The van der Waals surface area contributed by atoms with Gasteiger partial charge in [-0.15, -0.1) is 0 Å². The molecule has 2 heterocycles. The summed E-state index contributed by atoms with van der Waals surface area (Å²) in [5, 5.41) is 0. The van der Waals surface area contributed by atoms with Crippen LogP contribution < -0.4 is 9.62 Å². The lowest BCUT2D eigenvalue weighted by atomic mass is 10.0. The molecular weight excluding hydrogens is 338 g/mol. The van der Waals surface area contributed by atoms with Crippen LogP contribution in [-0.4, -0.2) is 25.9 Å². The predicted octanol–water partition coefficient (Wildman–Crippen LogP) is 2.20. The summed E-state index contributed by atoms with van der Waals surface area (Å²) < 4.78 is 28.4. The average Bonchev–Trinajstić information content (AvgIpc) is 2.98. The summed E-state index contributed by atoms with van der Waals surface area (Å²) in [7, 11) is -3.72. The number of hydrogen-bond donors (Lipinski definition) is 1. The second-order valence-corrected chi connectivity index (χ2v) is 8.34. The van der Waals surface area contributed by atoms with Gasteiger partial charge in [-0.3, -0.25) is 9.78 Å². The Balaban J connectivity index is 1.90. The van der Waals surface area contributed by atoms with Crippen LogP contribution in [0.15, 0.2) is 47.5 Å². The first-order valence-corrected chi connectivity index (χ1v) is 9.55. The van der Waals surface area contributed by atoms with E-state index < -0.39 is 15.6 Å². The largest absolute Gasteiger partial charge is 0.312 e. The molecule has 0 saturated carbocycles. The number of anilines is 1. The maximum absolute atomic E-state index is 12.8. The molecule has 3 rings (SSSR count). The van der Waals surface area contributed by atoms with Crippen LogP contribution in [0.1, 0.15) is 32.0 Å². The molecular formula is C18H21N3O3S. The molecule has 0 atom stereocenters. The normalized spacial score (nSPS) is 14.4. The van der Waals surface area contributed by atoms with Gasteiger partial charge in [0.1, 0.15) is 0 Å². The summed E-state index contributed by atoms with van der Waals surface area (Å²) in [6.45, 7) is 5.65. The number of aromatic nitrogens is 1. The highest BCUT2D eigenvalue weighted by molar-refractivity contribution is 7.89. The number of carbonyl (C=O) groups excluding carboxylic acids is 1. The van der Waals surface area contributed by atoms with E-state index >= 15 is 0 Å². The van der Waals surface area contributed by atoms with Gasteiger partial charge in [0, 0.05) is 25.4 Å². The van der Waals surface area contributed by atoms with Crippen LogP contribution in [0.3, 0.4) is 0 Å².